The lowest BCUT2D eigenvalue weighted by Crippen LogP contribution is -2.14. The maximum absolute atomic E-state index is 12.7. The summed E-state index contributed by atoms with van der Waals surface area (Å²) in [6.07, 6.45) is 3.76. The van der Waals surface area contributed by atoms with Crippen molar-refractivity contribution in [2.45, 2.75) is 18.7 Å². The van der Waals surface area contributed by atoms with Gasteiger partial charge in [-0.25, -0.2) is 8.42 Å². The molecule has 152 valence electrons. The van der Waals surface area contributed by atoms with E-state index in [1.54, 1.807) is 55.5 Å². The highest BCUT2D eigenvalue weighted by Crippen LogP contribution is 2.24. The smallest absolute Gasteiger partial charge is 0.262 e. The molecule has 0 saturated carbocycles. The van der Waals surface area contributed by atoms with Gasteiger partial charge in [-0.3, -0.25) is 4.72 Å². The number of rotatable bonds is 6. The number of hydrogen-bond acceptors (Lipinski definition) is 5. The first-order chi connectivity index (χ1) is 14.4. The van der Waals surface area contributed by atoms with Crippen LogP contribution < -0.4 is 9.46 Å². The molecule has 0 spiro atoms. The Kier molecular flexibility index (Phi) is 5.24. The molecule has 2 aromatic carbocycles. The van der Waals surface area contributed by atoms with Crippen LogP contribution in [0.5, 0.6) is 11.6 Å². The number of aryl methyl sites for hydroxylation is 2. The van der Waals surface area contributed by atoms with E-state index in [0.717, 1.165) is 5.56 Å². The van der Waals surface area contributed by atoms with E-state index in [-0.39, 0.29) is 4.90 Å². The van der Waals surface area contributed by atoms with Crippen LogP contribution in [0.3, 0.4) is 0 Å². The van der Waals surface area contributed by atoms with Gasteiger partial charge in [-0.05, 0) is 73.5 Å². The predicted molar refractivity (Wildman–Crippen MR) is 115 cm³/mol. The third-order valence-electron chi connectivity index (χ3n) is 4.46. The molecule has 4 rings (SSSR count). The van der Waals surface area contributed by atoms with Gasteiger partial charge in [0.2, 0.25) is 5.88 Å². The van der Waals surface area contributed by atoms with Gasteiger partial charge >= 0.3 is 0 Å². The monoisotopic (exact) mass is 420 g/mol. The Morgan fingerprint density at radius 3 is 2.30 bits per heavy atom. The lowest BCUT2D eigenvalue weighted by atomic mass is 10.2. The average molecular weight is 420 g/mol. The van der Waals surface area contributed by atoms with E-state index in [9.17, 15) is 8.42 Å². The molecule has 0 fully saturated rings. The van der Waals surface area contributed by atoms with Crippen molar-refractivity contribution in [3.8, 4) is 17.4 Å². The number of aromatic nitrogens is 3. The topological polar surface area (TPSA) is 86.1 Å². The highest BCUT2D eigenvalue weighted by Gasteiger charge is 2.17. The molecule has 2 aromatic heterocycles. The van der Waals surface area contributed by atoms with Crippen molar-refractivity contribution in [2.75, 3.05) is 4.72 Å². The molecule has 2 heterocycles. The van der Waals surface area contributed by atoms with Gasteiger partial charge in [-0.15, -0.1) is 10.2 Å². The summed E-state index contributed by atoms with van der Waals surface area (Å²) in [6.45, 7) is 3.63. The Labute approximate surface area is 175 Å². The molecule has 0 aliphatic carbocycles. The van der Waals surface area contributed by atoms with E-state index < -0.39 is 10.0 Å². The van der Waals surface area contributed by atoms with Gasteiger partial charge in [0.25, 0.3) is 10.0 Å². The number of ether oxygens (including phenoxy) is 1. The van der Waals surface area contributed by atoms with Gasteiger partial charge in [-0.2, -0.15) is 0 Å². The molecule has 0 atom stereocenters. The second kappa shape index (κ2) is 8.00. The summed E-state index contributed by atoms with van der Waals surface area (Å²) in [6, 6.07) is 19.3. The third-order valence-corrected chi connectivity index (χ3v) is 5.98. The third kappa shape index (κ3) is 4.33. The van der Waals surface area contributed by atoms with Crippen molar-refractivity contribution in [3.05, 3.63) is 90.3 Å². The SMILES string of the molecule is Cc1ccc(C)c(S(=O)(=O)Nc2ccc(Oc3ccc(-n4cccc4)nn3)cc2)c1. The fraction of sp³-hybridized carbons (Fsp3) is 0.0909. The summed E-state index contributed by atoms with van der Waals surface area (Å²) in [4.78, 5) is 0.265. The Morgan fingerprint density at radius 1 is 0.900 bits per heavy atom. The molecule has 0 amide bonds. The van der Waals surface area contributed by atoms with Crippen molar-refractivity contribution in [1.82, 2.24) is 14.8 Å². The Balaban J connectivity index is 1.46. The summed E-state index contributed by atoms with van der Waals surface area (Å²) in [5, 5.41) is 8.19. The molecule has 1 N–H and O–H groups in total. The Morgan fingerprint density at radius 2 is 1.63 bits per heavy atom. The van der Waals surface area contributed by atoms with E-state index in [1.807, 2.05) is 42.1 Å². The fourth-order valence-corrected chi connectivity index (χ4v) is 4.30. The van der Waals surface area contributed by atoms with E-state index in [0.29, 0.717) is 28.7 Å². The minimum atomic E-state index is -3.68. The molecule has 0 bridgehead atoms. The molecule has 30 heavy (non-hydrogen) atoms. The van der Waals surface area contributed by atoms with Gasteiger partial charge < -0.3 is 9.30 Å². The summed E-state index contributed by atoms with van der Waals surface area (Å²) < 4.78 is 35.6. The lowest BCUT2D eigenvalue weighted by Gasteiger charge is -2.12. The first kappa shape index (κ1) is 19.7. The van der Waals surface area contributed by atoms with Crippen LogP contribution in [0.25, 0.3) is 5.82 Å². The van der Waals surface area contributed by atoms with Crippen molar-refractivity contribution < 1.29 is 13.2 Å². The Hall–Kier alpha value is -3.65. The maximum atomic E-state index is 12.7. The number of nitrogens with zero attached hydrogens (tertiary/aromatic N) is 3. The van der Waals surface area contributed by atoms with Gasteiger partial charge in [0.05, 0.1) is 4.90 Å². The van der Waals surface area contributed by atoms with Gasteiger partial charge in [0.1, 0.15) is 5.75 Å². The number of benzene rings is 2. The highest BCUT2D eigenvalue weighted by molar-refractivity contribution is 7.92. The van der Waals surface area contributed by atoms with Gasteiger partial charge in [-0.1, -0.05) is 12.1 Å². The van der Waals surface area contributed by atoms with Crippen LogP contribution in [-0.4, -0.2) is 23.2 Å². The van der Waals surface area contributed by atoms with Crippen molar-refractivity contribution in [2.24, 2.45) is 0 Å². The molecule has 0 unspecified atom stereocenters. The van der Waals surface area contributed by atoms with Gasteiger partial charge in [0.15, 0.2) is 5.82 Å². The molecule has 0 radical (unpaired) electrons. The van der Waals surface area contributed by atoms with Crippen LogP contribution in [0.1, 0.15) is 11.1 Å². The van der Waals surface area contributed by atoms with Gasteiger partial charge in [0, 0.05) is 24.1 Å². The number of nitrogens with one attached hydrogen (secondary N) is 1. The second-order valence-electron chi connectivity index (χ2n) is 6.82. The zero-order valence-corrected chi connectivity index (χ0v) is 17.3. The molecular formula is C22H20N4O3S. The van der Waals surface area contributed by atoms with E-state index in [2.05, 4.69) is 14.9 Å². The minimum absolute atomic E-state index is 0.265. The first-order valence-corrected chi connectivity index (χ1v) is 10.7. The van der Waals surface area contributed by atoms with E-state index >= 15 is 0 Å². The minimum Gasteiger partial charge on any atom is -0.438 e. The molecule has 7 nitrogen and oxygen atoms in total. The highest BCUT2D eigenvalue weighted by atomic mass is 32.2. The predicted octanol–water partition coefficient (Wildman–Crippen LogP) is 4.48. The normalized spacial score (nSPS) is 11.3. The summed E-state index contributed by atoms with van der Waals surface area (Å²) >= 11 is 0. The molecule has 0 aliphatic heterocycles. The summed E-state index contributed by atoms with van der Waals surface area (Å²) in [5.41, 5.74) is 2.01. The lowest BCUT2D eigenvalue weighted by molar-refractivity contribution is 0.454. The summed E-state index contributed by atoms with van der Waals surface area (Å²) in [5.74, 6) is 1.55. The van der Waals surface area contributed by atoms with Crippen LogP contribution in [-0.2, 0) is 10.0 Å². The molecule has 4 aromatic rings. The van der Waals surface area contributed by atoms with Crippen molar-refractivity contribution in [1.29, 1.82) is 0 Å². The molecular weight excluding hydrogens is 400 g/mol. The van der Waals surface area contributed by atoms with Crippen LogP contribution in [0, 0.1) is 13.8 Å². The summed E-state index contributed by atoms with van der Waals surface area (Å²) in [7, 11) is -3.68. The van der Waals surface area contributed by atoms with Crippen LogP contribution in [0.2, 0.25) is 0 Å². The van der Waals surface area contributed by atoms with E-state index in [1.165, 1.54) is 0 Å². The zero-order valence-electron chi connectivity index (χ0n) is 16.5. The largest absolute Gasteiger partial charge is 0.438 e. The fourth-order valence-electron chi connectivity index (χ4n) is 2.91. The van der Waals surface area contributed by atoms with Crippen LogP contribution in [0.4, 0.5) is 5.69 Å². The first-order valence-electron chi connectivity index (χ1n) is 9.26. The second-order valence-corrected chi connectivity index (χ2v) is 8.47. The van der Waals surface area contributed by atoms with Crippen LogP contribution in [0.15, 0.2) is 84.0 Å². The number of sulfonamides is 1. The van der Waals surface area contributed by atoms with Crippen molar-refractivity contribution >= 4 is 15.7 Å². The standard InChI is InChI=1S/C22H20N4O3S/c1-16-5-6-17(2)20(15-16)30(27,28)25-18-7-9-19(10-8-18)29-22-12-11-21(23-24-22)26-13-3-4-14-26/h3-15,25H,1-2H3. The van der Waals surface area contributed by atoms with Crippen molar-refractivity contribution in [3.63, 3.8) is 0 Å². The number of anilines is 1. The van der Waals surface area contributed by atoms with E-state index in [4.69, 9.17) is 4.74 Å². The zero-order chi connectivity index (χ0) is 21.1. The number of hydrogen-bond donors (Lipinski definition) is 1. The quantitative estimate of drug-likeness (QED) is 0.497. The molecule has 8 heteroatoms. The molecule has 0 aliphatic rings. The van der Waals surface area contributed by atoms with Crippen LogP contribution >= 0.6 is 0 Å². The molecule has 0 saturated heterocycles. The maximum Gasteiger partial charge on any atom is 0.262 e. The average Bonchev–Trinajstić information content (AvgIpc) is 3.26. The Bertz CT molecular complexity index is 1250.